The molecule has 2 aliphatic rings. The van der Waals surface area contributed by atoms with E-state index >= 15 is 0 Å². The summed E-state index contributed by atoms with van der Waals surface area (Å²) >= 11 is 0. The molecule has 1 aromatic rings. The first-order chi connectivity index (χ1) is 11.7. The topological polar surface area (TPSA) is 70.7 Å². The van der Waals surface area contributed by atoms with Gasteiger partial charge < -0.3 is 20.3 Å². The van der Waals surface area contributed by atoms with E-state index in [1.165, 1.54) is 0 Å². The Bertz CT molecular complexity index is 585. The first-order valence-corrected chi connectivity index (χ1v) is 8.70. The fourth-order valence-electron chi connectivity index (χ4n) is 3.22. The van der Waals surface area contributed by atoms with Crippen molar-refractivity contribution in [1.82, 2.24) is 10.2 Å². The van der Waals surface area contributed by atoms with Gasteiger partial charge in [-0.1, -0.05) is 12.1 Å². The van der Waals surface area contributed by atoms with Crippen LogP contribution in [0.3, 0.4) is 0 Å². The van der Waals surface area contributed by atoms with Crippen molar-refractivity contribution in [2.75, 3.05) is 44.7 Å². The highest BCUT2D eigenvalue weighted by atomic mass is 35.5. The number of nitrogens with zero attached hydrogens (tertiary/aromatic N) is 1. The number of amides is 2. The summed E-state index contributed by atoms with van der Waals surface area (Å²) < 4.78 is 5.29. The van der Waals surface area contributed by atoms with Gasteiger partial charge in [0.1, 0.15) is 0 Å². The Labute approximate surface area is 154 Å². The summed E-state index contributed by atoms with van der Waals surface area (Å²) in [5.74, 6) is 0.513. The monoisotopic (exact) mass is 367 g/mol. The van der Waals surface area contributed by atoms with Crippen LogP contribution in [0.5, 0.6) is 0 Å². The van der Waals surface area contributed by atoms with E-state index in [4.69, 9.17) is 4.74 Å². The number of hydrogen-bond donors (Lipinski definition) is 2. The van der Waals surface area contributed by atoms with Gasteiger partial charge in [-0.3, -0.25) is 9.59 Å². The van der Waals surface area contributed by atoms with Crippen LogP contribution in [0.25, 0.3) is 0 Å². The maximum Gasteiger partial charge on any atom is 0.256 e. The van der Waals surface area contributed by atoms with Crippen molar-refractivity contribution in [1.29, 1.82) is 0 Å². The quantitative estimate of drug-likeness (QED) is 0.834. The highest BCUT2D eigenvalue weighted by Crippen LogP contribution is 2.20. The maximum atomic E-state index is 12.7. The van der Waals surface area contributed by atoms with Gasteiger partial charge in [-0.05, 0) is 44.0 Å². The zero-order valence-corrected chi connectivity index (χ0v) is 15.1. The smallest absolute Gasteiger partial charge is 0.256 e. The minimum Gasteiger partial charge on any atom is -0.378 e. The van der Waals surface area contributed by atoms with E-state index < -0.39 is 0 Å². The van der Waals surface area contributed by atoms with Gasteiger partial charge in [-0.2, -0.15) is 0 Å². The van der Waals surface area contributed by atoms with Gasteiger partial charge in [0, 0.05) is 19.5 Å². The van der Waals surface area contributed by atoms with Crippen LogP contribution in [-0.2, 0) is 9.53 Å². The Morgan fingerprint density at radius 1 is 1.24 bits per heavy atom. The molecular formula is C18H26ClN3O3. The third-order valence-electron chi connectivity index (χ3n) is 4.67. The van der Waals surface area contributed by atoms with Gasteiger partial charge >= 0.3 is 0 Å². The standard InChI is InChI=1S/C18H25N3O3.ClH/c22-17(6-5-14-7-8-19-13-14)20-16-4-2-1-3-15(16)18(23)21-9-11-24-12-10-21;/h1-4,14,19H,5-13H2,(H,20,22);1H. The average Bonchev–Trinajstić information content (AvgIpc) is 3.14. The van der Waals surface area contributed by atoms with Crippen LogP contribution >= 0.6 is 12.4 Å². The van der Waals surface area contributed by atoms with Crippen LogP contribution in [0.4, 0.5) is 5.69 Å². The van der Waals surface area contributed by atoms with E-state index in [0.29, 0.717) is 49.9 Å². The lowest BCUT2D eigenvalue weighted by molar-refractivity contribution is -0.116. The fourth-order valence-corrected chi connectivity index (χ4v) is 3.22. The van der Waals surface area contributed by atoms with Gasteiger partial charge in [-0.15, -0.1) is 12.4 Å². The van der Waals surface area contributed by atoms with Gasteiger partial charge in [-0.25, -0.2) is 0 Å². The fraction of sp³-hybridized carbons (Fsp3) is 0.556. The summed E-state index contributed by atoms with van der Waals surface area (Å²) in [5.41, 5.74) is 1.15. The molecule has 7 heteroatoms. The molecule has 2 saturated heterocycles. The van der Waals surface area contributed by atoms with E-state index in [2.05, 4.69) is 10.6 Å². The van der Waals surface area contributed by atoms with Gasteiger partial charge in [0.25, 0.3) is 5.91 Å². The van der Waals surface area contributed by atoms with E-state index in [9.17, 15) is 9.59 Å². The van der Waals surface area contributed by atoms with Crippen molar-refractivity contribution in [2.45, 2.75) is 19.3 Å². The first kappa shape index (κ1) is 19.7. The molecule has 0 aliphatic carbocycles. The minimum absolute atomic E-state index is 0. The number of benzene rings is 1. The number of anilines is 1. The third-order valence-corrected chi connectivity index (χ3v) is 4.67. The Kier molecular flexibility index (Phi) is 7.68. The van der Waals surface area contributed by atoms with Crippen molar-refractivity contribution in [3.05, 3.63) is 29.8 Å². The highest BCUT2D eigenvalue weighted by Gasteiger charge is 2.22. The molecule has 0 aromatic heterocycles. The van der Waals surface area contributed by atoms with Crippen LogP contribution in [0.15, 0.2) is 24.3 Å². The van der Waals surface area contributed by atoms with Crippen molar-refractivity contribution in [3.8, 4) is 0 Å². The van der Waals surface area contributed by atoms with Gasteiger partial charge in [0.15, 0.2) is 0 Å². The third kappa shape index (κ3) is 5.42. The molecule has 0 saturated carbocycles. The van der Waals surface area contributed by atoms with Crippen LogP contribution in [-0.4, -0.2) is 56.1 Å². The normalized spacial score (nSPS) is 20.0. The Morgan fingerprint density at radius 3 is 2.72 bits per heavy atom. The second kappa shape index (κ2) is 9.75. The molecule has 0 radical (unpaired) electrons. The summed E-state index contributed by atoms with van der Waals surface area (Å²) in [5, 5.41) is 6.23. The van der Waals surface area contributed by atoms with E-state index in [0.717, 1.165) is 25.9 Å². The number of halogens is 1. The van der Waals surface area contributed by atoms with Crippen LogP contribution in [0, 0.1) is 5.92 Å². The predicted octanol–water partition coefficient (Wildman–Crippen LogP) is 1.91. The summed E-state index contributed by atoms with van der Waals surface area (Å²) in [6, 6.07) is 7.23. The number of nitrogens with one attached hydrogen (secondary N) is 2. The van der Waals surface area contributed by atoms with Crippen LogP contribution in [0.2, 0.25) is 0 Å². The second-order valence-electron chi connectivity index (χ2n) is 6.40. The Hall–Kier alpha value is -1.63. The maximum absolute atomic E-state index is 12.7. The van der Waals surface area contributed by atoms with Crippen molar-refractivity contribution in [2.24, 2.45) is 5.92 Å². The molecule has 6 nitrogen and oxygen atoms in total. The van der Waals surface area contributed by atoms with E-state index in [1.54, 1.807) is 17.0 Å². The molecule has 2 N–H and O–H groups in total. The zero-order chi connectivity index (χ0) is 16.8. The molecular weight excluding hydrogens is 342 g/mol. The van der Waals surface area contributed by atoms with E-state index in [-0.39, 0.29) is 24.2 Å². The van der Waals surface area contributed by atoms with Gasteiger partial charge in [0.2, 0.25) is 5.91 Å². The first-order valence-electron chi connectivity index (χ1n) is 8.70. The minimum atomic E-state index is -0.0470. The summed E-state index contributed by atoms with van der Waals surface area (Å²) in [7, 11) is 0. The van der Waals surface area contributed by atoms with Crippen molar-refractivity contribution in [3.63, 3.8) is 0 Å². The molecule has 0 bridgehead atoms. The molecule has 138 valence electrons. The highest BCUT2D eigenvalue weighted by molar-refractivity contribution is 6.03. The molecule has 25 heavy (non-hydrogen) atoms. The summed E-state index contributed by atoms with van der Waals surface area (Å²) in [4.78, 5) is 26.7. The molecule has 2 amide bonds. The van der Waals surface area contributed by atoms with Gasteiger partial charge in [0.05, 0.1) is 24.5 Å². The summed E-state index contributed by atoms with van der Waals surface area (Å²) in [6.07, 6.45) is 2.52. The number of para-hydroxylation sites is 1. The van der Waals surface area contributed by atoms with Crippen LogP contribution in [0.1, 0.15) is 29.6 Å². The lowest BCUT2D eigenvalue weighted by atomic mass is 10.0. The molecule has 1 unspecified atom stereocenters. The number of morpholine rings is 1. The van der Waals surface area contributed by atoms with Crippen LogP contribution < -0.4 is 10.6 Å². The number of ether oxygens (including phenoxy) is 1. The number of hydrogen-bond acceptors (Lipinski definition) is 4. The van der Waals surface area contributed by atoms with E-state index in [1.807, 2.05) is 12.1 Å². The molecule has 3 rings (SSSR count). The average molecular weight is 368 g/mol. The molecule has 1 atom stereocenters. The summed E-state index contributed by atoms with van der Waals surface area (Å²) in [6.45, 7) is 4.36. The lowest BCUT2D eigenvalue weighted by Gasteiger charge is -2.27. The Morgan fingerprint density at radius 2 is 2.00 bits per heavy atom. The SMILES string of the molecule is Cl.O=C(CCC1CCNC1)Nc1ccccc1C(=O)N1CCOCC1. The largest absolute Gasteiger partial charge is 0.378 e. The second-order valence-corrected chi connectivity index (χ2v) is 6.40. The predicted molar refractivity (Wildman–Crippen MR) is 99.3 cm³/mol. The molecule has 1 aromatic carbocycles. The van der Waals surface area contributed by atoms with Crippen molar-refractivity contribution < 1.29 is 14.3 Å². The molecule has 2 aliphatic heterocycles. The Balaban J connectivity index is 0.00000225. The number of rotatable bonds is 5. The van der Waals surface area contributed by atoms with Crippen molar-refractivity contribution >= 4 is 29.9 Å². The molecule has 2 fully saturated rings. The lowest BCUT2D eigenvalue weighted by Crippen LogP contribution is -2.41. The zero-order valence-electron chi connectivity index (χ0n) is 14.3. The number of carbonyl (C=O) groups is 2. The number of carbonyl (C=O) groups excluding carboxylic acids is 2. The molecule has 0 spiro atoms. The molecule has 2 heterocycles.